The maximum Gasteiger partial charge on any atom is 0.144 e. The molecular formula is C14H28N2O3. The number of amidine groups is 1. The molecule has 0 aliphatic carbocycles. The predicted octanol–water partition coefficient (Wildman–Crippen LogP) is 2.51. The second kappa shape index (κ2) is 7.10. The van der Waals surface area contributed by atoms with Crippen molar-refractivity contribution in [1.82, 2.24) is 0 Å². The van der Waals surface area contributed by atoms with Crippen LogP contribution in [0.5, 0.6) is 0 Å². The van der Waals surface area contributed by atoms with Crippen molar-refractivity contribution in [3.05, 3.63) is 0 Å². The molecule has 0 bridgehead atoms. The Kier molecular flexibility index (Phi) is 6.07. The molecule has 1 heterocycles. The highest BCUT2D eigenvalue weighted by atomic mass is 16.5. The zero-order chi connectivity index (χ0) is 14.5. The lowest BCUT2D eigenvalue weighted by atomic mass is 9.87. The van der Waals surface area contributed by atoms with E-state index in [2.05, 4.69) is 19.0 Å². The molecule has 5 nitrogen and oxygen atoms in total. The van der Waals surface area contributed by atoms with Gasteiger partial charge in [-0.2, -0.15) is 0 Å². The monoisotopic (exact) mass is 272 g/mol. The molecule has 19 heavy (non-hydrogen) atoms. The van der Waals surface area contributed by atoms with Crippen molar-refractivity contribution in [2.45, 2.75) is 71.7 Å². The SMILES string of the molecule is CC1CC(OCCCC(C)(C)C(N)=NO)CC(C)O1. The first-order chi connectivity index (χ1) is 8.85. The van der Waals surface area contributed by atoms with Gasteiger partial charge in [-0.15, -0.1) is 0 Å². The molecule has 1 rings (SSSR count). The van der Waals surface area contributed by atoms with E-state index in [1.807, 2.05) is 13.8 Å². The molecule has 2 unspecified atom stereocenters. The number of oxime groups is 1. The van der Waals surface area contributed by atoms with Crippen LogP contribution in [0.1, 0.15) is 53.4 Å². The van der Waals surface area contributed by atoms with Crippen LogP contribution >= 0.6 is 0 Å². The molecule has 0 aromatic carbocycles. The van der Waals surface area contributed by atoms with Crippen molar-refractivity contribution < 1.29 is 14.7 Å². The lowest BCUT2D eigenvalue weighted by Gasteiger charge is -2.32. The Hall–Kier alpha value is -0.810. The molecule has 5 heteroatoms. The standard InChI is InChI=1S/C14H28N2O3/c1-10-8-12(9-11(2)19-10)18-7-5-6-14(3,4)13(15)16-17/h10-12,17H,5-9H2,1-4H3,(H2,15,16). The van der Waals surface area contributed by atoms with Crippen LogP contribution in [-0.4, -0.2) is 36.0 Å². The topological polar surface area (TPSA) is 77.1 Å². The highest BCUT2D eigenvalue weighted by Gasteiger charge is 2.26. The molecule has 112 valence electrons. The normalized spacial score (nSPS) is 29.5. The fourth-order valence-electron chi connectivity index (χ4n) is 2.51. The van der Waals surface area contributed by atoms with Crippen LogP contribution in [-0.2, 0) is 9.47 Å². The molecular weight excluding hydrogens is 244 g/mol. The van der Waals surface area contributed by atoms with E-state index in [4.69, 9.17) is 20.4 Å². The fourth-order valence-corrected chi connectivity index (χ4v) is 2.51. The van der Waals surface area contributed by atoms with E-state index in [-0.39, 0.29) is 23.5 Å². The number of rotatable bonds is 6. The van der Waals surface area contributed by atoms with Crippen molar-refractivity contribution >= 4 is 5.84 Å². The lowest BCUT2D eigenvalue weighted by Crippen LogP contribution is -2.35. The Bertz CT molecular complexity index is 295. The fraction of sp³-hybridized carbons (Fsp3) is 0.929. The quantitative estimate of drug-likeness (QED) is 0.256. The molecule has 1 fully saturated rings. The maximum atomic E-state index is 8.71. The van der Waals surface area contributed by atoms with Gasteiger partial charge in [0.1, 0.15) is 5.84 Å². The smallest absolute Gasteiger partial charge is 0.144 e. The Balaban J connectivity index is 2.24. The summed E-state index contributed by atoms with van der Waals surface area (Å²) in [4.78, 5) is 0. The van der Waals surface area contributed by atoms with Crippen molar-refractivity contribution in [2.75, 3.05) is 6.61 Å². The van der Waals surface area contributed by atoms with Gasteiger partial charge in [-0.3, -0.25) is 0 Å². The average Bonchev–Trinajstić information content (AvgIpc) is 2.32. The van der Waals surface area contributed by atoms with Gasteiger partial charge in [0, 0.05) is 12.0 Å². The van der Waals surface area contributed by atoms with E-state index in [1.165, 1.54) is 0 Å². The largest absolute Gasteiger partial charge is 0.409 e. The summed E-state index contributed by atoms with van der Waals surface area (Å²) in [7, 11) is 0. The number of nitrogens with zero attached hydrogens (tertiary/aromatic N) is 1. The van der Waals surface area contributed by atoms with Crippen LogP contribution in [0.15, 0.2) is 5.16 Å². The van der Waals surface area contributed by atoms with Gasteiger partial charge in [0.05, 0.1) is 18.3 Å². The van der Waals surface area contributed by atoms with Crippen LogP contribution in [0.3, 0.4) is 0 Å². The molecule has 0 amide bonds. The Morgan fingerprint density at radius 2 is 1.95 bits per heavy atom. The van der Waals surface area contributed by atoms with Crippen LogP contribution < -0.4 is 5.73 Å². The summed E-state index contributed by atoms with van der Waals surface area (Å²) in [5.41, 5.74) is 5.37. The minimum atomic E-state index is -0.283. The molecule has 0 saturated carbocycles. The second-order valence-electron chi connectivity index (χ2n) is 6.19. The van der Waals surface area contributed by atoms with Crippen molar-refractivity contribution in [1.29, 1.82) is 0 Å². The summed E-state index contributed by atoms with van der Waals surface area (Å²) in [5.74, 6) is 0.279. The van der Waals surface area contributed by atoms with Crippen molar-refractivity contribution in [2.24, 2.45) is 16.3 Å². The summed E-state index contributed by atoms with van der Waals surface area (Å²) in [5, 5.41) is 11.8. The zero-order valence-corrected chi connectivity index (χ0v) is 12.6. The maximum absolute atomic E-state index is 8.71. The third-order valence-corrected chi connectivity index (χ3v) is 3.76. The van der Waals surface area contributed by atoms with E-state index in [0.29, 0.717) is 12.7 Å². The Morgan fingerprint density at radius 1 is 1.37 bits per heavy atom. The van der Waals surface area contributed by atoms with E-state index in [0.717, 1.165) is 25.7 Å². The Morgan fingerprint density at radius 3 is 2.47 bits per heavy atom. The highest BCUT2D eigenvalue weighted by Crippen LogP contribution is 2.24. The molecule has 1 aliphatic rings. The summed E-state index contributed by atoms with van der Waals surface area (Å²) in [6.45, 7) is 8.84. The van der Waals surface area contributed by atoms with Crippen LogP contribution in [0, 0.1) is 5.41 Å². The molecule has 3 N–H and O–H groups in total. The number of nitrogens with two attached hydrogens (primary N) is 1. The van der Waals surface area contributed by atoms with Gasteiger partial charge >= 0.3 is 0 Å². The van der Waals surface area contributed by atoms with Crippen LogP contribution in [0.25, 0.3) is 0 Å². The first-order valence-corrected chi connectivity index (χ1v) is 7.10. The minimum absolute atomic E-state index is 0.279. The second-order valence-corrected chi connectivity index (χ2v) is 6.19. The first-order valence-electron chi connectivity index (χ1n) is 7.10. The van der Waals surface area contributed by atoms with E-state index in [9.17, 15) is 0 Å². The van der Waals surface area contributed by atoms with Gasteiger partial charge in [0.2, 0.25) is 0 Å². The van der Waals surface area contributed by atoms with E-state index < -0.39 is 0 Å². The minimum Gasteiger partial charge on any atom is -0.409 e. The van der Waals surface area contributed by atoms with Gasteiger partial charge in [0.15, 0.2) is 0 Å². The molecule has 1 aliphatic heterocycles. The van der Waals surface area contributed by atoms with Gasteiger partial charge in [-0.1, -0.05) is 19.0 Å². The Labute approximate surface area is 116 Å². The molecule has 2 atom stereocenters. The molecule has 0 spiro atoms. The van der Waals surface area contributed by atoms with E-state index in [1.54, 1.807) is 0 Å². The van der Waals surface area contributed by atoms with Crippen molar-refractivity contribution in [3.8, 4) is 0 Å². The van der Waals surface area contributed by atoms with E-state index >= 15 is 0 Å². The molecule has 1 saturated heterocycles. The average molecular weight is 272 g/mol. The summed E-state index contributed by atoms with van der Waals surface area (Å²) >= 11 is 0. The van der Waals surface area contributed by atoms with Gasteiger partial charge in [-0.25, -0.2) is 0 Å². The molecule has 0 radical (unpaired) electrons. The molecule has 0 aromatic heterocycles. The zero-order valence-electron chi connectivity index (χ0n) is 12.6. The van der Waals surface area contributed by atoms with Crippen molar-refractivity contribution in [3.63, 3.8) is 0 Å². The number of ether oxygens (including phenoxy) is 2. The summed E-state index contributed by atoms with van der Waals surface area (Å²) in [6.07, 6.45) is 4.54. The van der Waals surface area contributed by atoms with Gasteiger partial charge in [0.25, 0.3) is 0 Å². The number of hydrogen-bond acceptors (Lipinski definition) is 4. The predicted molar refractivity (Wildman–Crippen MR) is 75.4 cm³/mol. The first kappa shape index (κ1) is 16.2. The third-order valence-electron chi connectivity index (χ3n) is 3.76. The highest BCUT2D eigenvalue weighted by molar-refractivity contribution is 5.85. The third kappa shape index (κ3) is 5.37. The summed E-state index contributed by atoms with van der Waals surface area (Å²) < 4.78 is 11.6. The van der Waals surface area contributed by atoms with Crippen LogP contribution in [0.2, 0.25) is 0 Å². The van der Waals surface area contributed by atoms with Gasteiger partial charge < -0.3 is 20.4 Å². The summed E-state index contributed by atoms with van der Waals surface area (Å²) in [6, 6.07) is 0. The molecule has 0 aromatic rings. The van der Waals surface area contributed by atoms with Crippen LogP contribution in [0.4, 0.5) is 0 Å². The lowest BCUT2D eigenvalue weighted by molar-refractivity contribution is -0.102. The number of hydrogen-bond donors (Lipinski definition) is 2. The van der Waals surface area contributed by atoms with Gasteiger partial charge in [-0.05, 0) is 39.5 Å².